The van der Waals surface area contributed by atoms with Gasteiger partial charge in [-0.1, -0.05) is 20.8 Å². The maximum atomic E-state index is 13.5. The summed E-state index contributed by atoms with van der Waals surface area (Å²) < 4.78 is 108. The van der Waals surface area contributed by atoms with Gasteiger partial charge < -0.3 is 44.9 Å². The minimum atomic E-state index is -4.15. The molecule has 21 rings (SSSR count). The minimum Gasteiger partial charge on any atom is -0.477 e. The molecule has 9 aromatic heterocycles. The van der Waals surface area contributed by atoms with Crippen molar-refractivity contribution in [3.63, 3.8) is 0 Å². The Labute approximate surface area is 718 Å². The number of rotatable bonds is 15. The molecular weight excluding hydrogens is 1630 g/mol. The molecule has 3 atom stereocenters. The number of ether oxygens (including phenoxy) is 3. The van der Waals surface area contributed by atoms with E-state index in [1.54, 1.807) is 105 Å². The SMILES string of the molecule is CC1(CCOc2ccn(-c3ccc4c(n3)N3CC(CCCNc5ccc(cn5)S(=O)(=O)NC4=O)CC3(C)C)n2)CC1.CC1(CCOc2ccn(-c3ccc4c(n3)N3CC(CCCNc5ccc(cn5)S(=O)(=O)NC4=O)CC3(C)C)n2)CC1.CC1(CCOc2ccn(-c3ccc4c(n3)N3CC(CCCNc5ccc(cn5)S(=O)(=O)NC4=O)CC3(C)C)n2)CC1. The lowest BCUT2D eigenvalue weighted by atomic mass is 9.93. The number of nitrogens with zero attached hydrogens (tertiary/aromatic N) is 15. The van der Waals surface area contributed by atoms with Crippen LogP contribution >= 0.6 is 0 Å². The van der Waals surface area contributed by atoms with E-state index in [4.69, 9.17) is 29.2 Å². The summed E-state index contributed by atoms with van der Waals surface area (Å²) >= 11 is 0. The lowest BCUT2D eigenvalue weighted by molar-refractivity contribution is 0.0972. The molecule has 6 N–H and O–H groups in total. The first kappa shape index (κ1) is 85.5. The Morgan fingerprint density at radius 1 is 0.374 bits per heavy atom. The largest absolute Gasteiger partial charge is 0.477 e. The van der Waals surface area contributed by atoms with E-state index in [9.17, 15) is 39.6 Å². The van der Waals surface area contributed by atoms with Gasteiger partial charge >= 0.3 is 0 Å². The smallest absolute Gasteiger partial charge is 0.268 e. The van der Waals surface area contributed by atoms with Crippen molar-refractivity contribution in [1.29, 1.82) is 0 Å². The molecule has 0 aromatic carbocycles. The Hall–Kier alpha value is -11.0. The lowest BCUT2D eigenvalue weighted by Gasteiger charge is -2.34. The highest BCUT2D eigenvalue weighted by atomic mass is 32.2. The fraction of sp³-hybridized carbons (Fsp3) is 0.517. The normalized spacial score (nSPS) is 22.5. The fourth-order valence-corrected chi connectivity index (χ4v) is 20.0. The molecular formula is C87H111N21O12S3. The topological polar surface area (TPSA) is 394 Å². The van der Waals surface area contributed by atoms with Crippen LogP contribution in [0, 0.1) is 34.0 Å². The Bertz CT molecular complexity index is 5200. The lowest BCUT2D eigenvalue weighted by Crippen LogP contribution is -2.41. The average molecular weight is 1740 g/mol. The van der Waals surface area contributed by atoms with Crippen molar-refractivity contribution in [2.45, 2.75) is 209 Å². The molecule has 3 saturated heterocycles. The number of carbonyl (C=O) groups excluding carboxylic acids is 3. The molecule has 0 spiro atoms. The summed E-state index contributed by atoms with van der Waals surface area (Å²) in [6, 6.07) is 24.5. The van der Waals surface area contributed by atoms with Crippen molar-refractivity contribution >= 4 is 82.7 Å². The third-order valence-electron chi connectivity index (χ3n) is 25.6. The van der Waals surface area contributed by atoms with Crippen LogP contribution in [0.15, 0.2) is 143 Å². The van der Waals surface area contributed by atoms with Gasteiger partial charge in [-0.25, -0.2) is 83.4 Å². The molecule has 12 bridgehead atoms. The van der Waals surface area contributed by atoms with Crippen LogP contribution in [0.3, 0.4) is 0 Å². The van der Waals surface area contributed by atoms with Crippen molar-refractivity contribution in [3.05, 3.63) is 145 Å². The van der Waals surface area contributed by atoms with Gasteiger partial charge in [0.25, 0.3) is 47.8 Å². The van der Waals surface area contributed by atoms with Crippen LogP contribution < -0.4 is 59.0 Å². The molecule has 9 aromatic rings. The second-order valence-corrected chi connectivity index (χ2v) is 42.3. The summed E-state index contributed by atoms with van der Waals surface area (Å²) in [6.45, 7) is 25.7. The Morgan fingerprint density at radius 3 is 0.902 bits per heavy atom. The third-order valence-corrected chi connectivity index (χ3v) is 29.6. The van der Waals surface area contributed by atoms with E-state index >= 15 is 0 Å². The number of sulfonamides is 3. The zero-order valence-corrected chi connectivity index (χ0v) is 73.7. The number of fused-ring (bicyclic) bond motifs is 21. The Kier molecular flexibility index (Phi) is 23.6. The molecule has 123 heavy (non-hydrogen) atoms. The van der Waals surface area contributed by atoms with Crippen LogP contribution in [-0.4, -0.2) is 178 Å². The van der Waals surface area contributed by atoms with Crippen molar-refractivity contribution in [2.75, 3.05) is 89.7 Å². The number of pyridine rings is 6. The second-order valence-electron chi connectivity index (χ2n) is 37.3. The highest BCUT2D eigenvalue weighted by Crippen LogP contribution is 2.50. The second kappa shape index (κ2) is 33.9. The maximum Gasteiger partial charge on any atom is 0.268 e. The number of hydrogen-bond acceptors (Lipinski definition) is 27. The van der Waals surface area contributed by atoms with Crippen LogP contribution in [0.5, 0.6) is 17.6 Å². The Balaban J connectivity index is 0.000000137. The summed E-state index contributed by atoms with van der Waals surface area (Å²) in [4.78, 5) is 74.1. The van der Waals surface area contributed by atoms with Crippen LogP contribution in [0.2, 0.25) is 0 Å². The predicted molar refractivity (Wildman–Crippen MR) is 465 cm³/mol. The monoisotopic (exact) mass is 1740 g/mol. The minimum absolute atomic E-state index is 0.0871. The third kappa shape index (κ3) is 20.1. The van der Waals surface area contributed by atoms with Crippen molar-refractivity contribution in [3.8, 4) is 35.1 Å². The van der Waals surface area contributed by atoms with Gasteiger partial charge in [-0.2, -0.15) is 0 Å². The van der Waals surface area contributed by atoms with E-state index in [1.807, 2.05) is 0 Å². The molecule has 18 heterocycles. The summed E-state index contributed by atoms with van der Waals surface area (Å²) in [6.07, 6.45) is 28.1. The molecule has 3 unspecified atom stereocenters. The van der Waals surface area contributed by atoms with Crippen LogP contribution in [0.1, 0.15) is 209 Å². The zero-order chi connectivity index (χ0) is 86.5. The summed E-state index contributed by atoms with van der Waals surface area (Å²) in [5, 5.41) is 23.5. The predicted octanol–water partition coefficient (Wildman–Crippen LogP) is 12.5. The van der Waals surface area contributed by atoms with E-state index in [-0.39, 0.29) is 48.0 Å². The molecule has 12 aliphatic rings. The highest BCUT2D eigenvalue weighted by molar-refractivity contribution is 7.90. The van der Waals surface area contributed by atoms with E-state index < -0.39 is 47.8 Å². The first-order chi connectivity index (χ1) is 58.5. The van der Waals surface area contributed by atoms with Crippen LogP contribution in [-0.2, 0) is 30.1 Å². The number of hydrogen-bond donors (Lipinski definition) is 6. The van der Waals surface area contributed by atoms with E-state index in [1.165, 1.54) is 75.3 Å². The Morgan fingerprint density at radius 2 is 0.650 bits per heavy atom. The van der Waals surface area contributed by atoms with Crippen LogP contribution in [0.4, 0.5) is 34.9 Å². The van der Waals surface area contributed by atoms with Gasteiger partial charge in [0, 0.05) is 111 Å². The van der Waals surface area contributed by atoms with E-state index in [0.717, 1.165) is 96.7 Å². The van der Waals surface area contributed by atoms with Gasteiger partial charge in [0.05, 0.1) is 36.5 Å². The van der Waals surface area contributed by atoms with Gasteiger partial charge in [-0.15, -0.1) is 15.3 Å². The van der Waals surface area contributed by atoms with Gasteiger partial charge in [0.2, 0.25) is 17.6 Å². The first-order valence-electron chi connectivity index (χ1n) is 42.8. The van der Waals surface area contributed by atoms with Gasteiger partial charge in [0.1, 0.15) is 49.6 Å². The van der Waals surface area contributed by atoms with Crippen molar-refractivity contribution in [1.82, 2.24) is 73.4 Å². The molecule has 3 amide bonds. The summed E-state index contributed by atoms with van der Waals surface area (Å²) in [5.74, 6) is 5.11. The highest BCUT2D eigenvalue weighted by Gasteiger charge is 2.46. The molecule has 654 valence electrons. The molecule has 36 heteroatoms. The molecule has 9 aliphatic heterocycles. The van der Waals surface area contributed by atoms with Crippen molar-refractivity contribution in [2.24, 2.45) is 34.0 Å². The average Bonchev–Trinajstić information content (AvgIpc) is 1.68. The van der Waals surface area contributed by atoms with Gasteiger partial charge in [-0.05, 0) is 264 Å². The van der Waals surface area contributed by atoms with Gasteiger partial charge in [-0.3, -0.25) is 14.4 Å². The number of carbonyl (C=O) groups is 3. The number of amides is 3. The summed E-state index contributed by atoms with van der Waals surface area (Å²) in [5.41, 5.74) is 0.869. The van der Waals surface area contributed by atoms with Crippen molar-refractivity contribution < 1.29 is 53.8 Å². The number of nitrogens with one attached hydrogen (secondary N) is 6. The quantitative estimate of drug-likeness (QED) is 0.0555. The van der Waals surface area contributed by atoms with Gasteiger partial charge in [0.15, 0.2) is 17.5 Å². The van der Waals surface area contributed by atoms with E-state index in [2.05, 4.69) is 137 Å². The molecule has 0 radical (unpaired) electrons. The maximum absolute atomic E-state index is 13.5. The van der Waals surface area contributed by atoms with Crippen LogP contribution in [0.25, 0.3) is 17.5 Å². The molecule has 33 nitrogen and oxygen atoms in total. The van der Waals surface area contributed by atoms with E-state index in [0.29, 0.717) is 143 Å². The zero-order valence-electron chi connectivity index (χ0n) is 71.3. The molecule has 3 aliphatic carbocycles. The first-order valence-corrected chi connectivity index (χ1v) is 47.2. The fourth-order valence-electron chi connectivity index (χ4n) is 17.3. The standard InChI is InChI=1S/3C29H37N7O4S/c3*1-28(2)17-20-5-4-14-30-23-8-6-21(18-31-23)41(38,39)34-27(37)22-7-9-24(32-26(22)35(28)19-20)36-15-10-25(33-36)40-16-13-29(3)11-12-29/h3*6-10,15,18,20H,4-5,11-14,16-17,19H2,1-3H3,(H,30,31)(H,34,37). The number of aromatic nitrogens is 12. The molecule has 3 saturated carbocycles. The summed E-state index contributed by atoms with van der Waals surface area (Å²) in [7, 11) is -12.4. The number of anilines is 6. The molecule has 6 fully saturated rings.